The molecule has 4 rings (SSSR count). The topological polar surface area (TPSA) is 93.5 Å². The van der Waals surface area contributed by atoms with Crippen molar-refractivity contribution in [3.63, 3.8) is 0 Å². The van der Waals surface area contributed by atoms with Crippen molar-refractivity contribution < 1.29 is 9.90 Å². The first-order chi connectivity index (χ1) is 13.0. The van der Waals surface area contributed by atoms with E-state index in [4.69, 9.17) is 10.8 Å². The van der Waals surface area contributed by atoms with Crippen LogP contribution in [0.5, 0.6) is 0 Å². The minimum Gasteiger partial charge on any atom is -0.481 e. The van der Waals surface area contributed by atoms with E-state index in [1.165, 1.54) is 5.56 Å². The van der Waals surface area contributed by atoms with Gasteiger partial charge in [0.05, 0.1) is 11.9 Å². The highest BCUT2D eigenvalue weighted by atomic mass is 16.4. The second-order valence-electron chi connectivity index (χ2n) is 7.50. The van der Waals surface area contributed by atoms with Crippen LogP contribution in [0, 0.1) is 12.8 Å². The van der Waals surface area contributed by atoms with E-state index in [0.717, 1.165) is 48.2 Å². The van der Waals surface area contributed by atoms with Gasteiger partial charge in [-0.05, 0) is 55.6 Å². The molecule has 0 spiro atoms. The number of aliphatic carboxylic acids is 1. The fraction of sp³-hybridized carbons (Fsp3) is 0.381. The van der Waals surface area contributed by atoms with E-state index >= 15 is 0 Å². The normalized spacial score (nSPS) is 20.0. The highest BCUT2D eigenvalue weighted by Gasteiger charge is 2.24. The average molecular weight is 364 g/mol. The molecule has 0 amide bonds. The third-order valence-corrected chi connectivity index (χ3v) is 5.73. The number of fused-ring (bicyclic) bond motifs is 1. The minimum atomic E-state index is -0.682. The molecule has 0 aliphatic heterocycles. The monoisotopic (exact) mass is 364 g/mol. The van der Waals surface area contributed by atoms with Gasteiger partial charge in [-0.2, -0.15) is 9.61 Å². The predicted molar refractivity (Wildman–Crippen MR) is 105 cm³/mol. The number of hydrogen-bond acceptors (Lipinski definition) is 4. The SMILES string of the molecule is Cc1nc2ccnn2c(N)c1-c1ccc(C2CCC(CC(=O)O)CC2)cc1. The van der Waals surface area contributed by atoms with Gasteiger partial charge in [0.2, 0.25) is 0 Å². The van der Waals surface area contributed by atoms with Gasteiger partial charge >= 0.3 is 5.97 Å². The summed E-state index contributed by atoms with van der Waals surface area (Å²) in [6, 6.07) is 10.4. The number of rotatable bonds is 4. The molecule has 1 saturated carbocycles. The second kappa shape index (κ2) is 7.02. The third kappa shape index (κ3) is 3.39. The first-order valence-corrected chi connectivity index (χ1v) is 9.45. The van der Waals surface area contributed by atoms with Gasteiger partial charge in [0.1, 0.15) is 5.82 Å². The molecule has 0 atom stereocenters. The zero-order valence-electron chi connectivity index (χ0n) is 15.4. The lowest BCUT2D eigenvalue weighted by atomic mass is 9.77. The summed E-state index contributed by atoms with van der Waals surface area (Å²) in [5, 5.41) is 13.2. The molecule has 2 heterocycles. The molecule has 1 aliphatic rings. The summed E-state index contributed by atoms with van der Waals surface area (Å²) in [7, 11) is 0. The Morgan fingerprint density at radius 1 is 1.19 bits per heavy atom. The highest BCUT2D eigenvalue weighted by molar-refractivity contribution is 5.78. The maximum atomic E-state index is 10.9. The van der Waals surface area contributed by atoms with Crippen LogP contribution in [0.2, 0.25) is 0 Å². The van der Waals surface area contributed by atoms with Crippen LogP contribution in [0.4, 0.5) is 5.82 Å². The summed E-state index contributed by atoms with van der Waals surface area (Å²) >= 11 is 0. The first-order valence-electron chi connectivity index (χ1n) is 9.45. The first kappa shape index (κ1) is 17.5. The number of nitrogens with two attached hydrogens (primary N) is 1. The molecule has 27 heavy (non-hydrogen) atoms. The summed E-state index contributed by atoms with van der Waals surface area (Å²) in [6.45, 7) is 1.97. The fourth-order valence-electron chi connectivity index (χ4n) is 4.31. The molecule has 0 unspecified atom stereocenters. The van der Waals surface area contributed by atoms with E-state index < -0.39 is 5.97 Å². The zero-order valence-corrected chi connectivity index (χ0v) is 15.4. The van der Waals surface area contributed by atoms with Gasteiger partial charge in [-0.1, -0.05) is 24.3 Å². The number of carbonyl (C=O) groups is 1. The average Bonchev–Trinajstić information content (AvgIpc) is 3.11. The van der Waals surface area contributed by atoms with Crippen LogP contribution < -0.4 is 5.73 Å². The number of benzene rings is 1. The van der Waals surface area contributed by atoms with E-state index in [1.807, 2.05) is 13.0 Å². The number of carboxylic acid groups (broad SMARTS) is 1. The second-order valence-corrected chi connectivity index (χ2v) is 7.50. The number of carboxylic acids is 1. The molecular weight excluding hydrogens is 340 g/mol. The lowest BCUT2D eigenvalue weighted by Gasteiger charge is -2.28. The van der Waals surface area contributed by atoms with Crippen molar-refractivity contribution in [1.82, 2.24) is 14.6 Å². The molecule has 6 heteroatoms. The van der Waals surface area contributed by atoms with Gasteiger partial charge < -0.3 is 10.8 Å². The van der Waals surface area contributed by atoms with Crippen molar-refractivity contribution in [3.05, 3.63) is 47.8 Å². The number of nitrogen functional groups attached to an aromatic ring is 1. The van der Waals surface area contributed by atoms with Crippen molar-refractivity contribution in [2.75, 3.05) is 5.73 Å². The number of hydrogen-bond donors (Lipinski definition) is 2. The molecule has 3 aromatic rings. The van der Waals surface area contributed by atoms with Crippen LogP contribution >= 0.6 is 0 Å². The molecule has 0 bridgehead atoms. The smallest absolute Gasteiger partial charge is 0.303 e. The number of aryl methyl sites for hydroxylation is 1. The van der Waals surface area contributed by atoms with Gasteiger partial charge in [-0.25, -0.2) is 4.98 Å². The minimum absolute atomic E-state index is 0.299. The lowest BCUT2D eigenvalue weighted by Crippen LogP contribution is -2.16. The quantitative estimate of drug-likeness (QED) is 0.729. The maximum absolute atomic E-state index is 10.9. The standard InChI is InChI=1S/C21H24N4O2/c1-13-20(21(22)25-18(24-13)10-11-23-25)17-8-6-16(7-9-17)15-4-2-14(3-5-15)12-19(26)27/h6-11,14-15H,2-5,12,22H2,1H3,(H,26,27). The van der Waals surface area contributed by atoms with Crippen molar-refractivity contribution in [2.24, 2.45) is 5.92 Å². The summed E-state index contributed by atoms with van der Waals surface area (Å²) in [5.74, 6) is 0.754. The molecule has 0 saturated heterocycles. The van der Waals surface area contributed by atoms with E-state index in [-0.39, 0.29) is 0 Å². The van der Waals surface area contributed by atoms with Crippen LogP contribution in [0.1, 0.15) is 49.3 Å². The van der Waals surface area contributed by atoms with E-state index in [0.29, 0.717) is 24.1 Å². The Balaban J connectivity index is 1.54. The molecule has 3 N–H and O–H groups in total. The van der Waals surface area contributed by atoms with Crippen LogP contribution in [0.15, 0.2) is 36.5 Å². The largest absolute Gasteiger partial charge is 0.481 e. The molecule has 6 nitrogen and oxygen atoms in total. The van der Waals surface area contributed by atoms with Gasteiger partial charge in [-0.3, -0.25) is 4.79 Å². The Labute approximate surface area is 158 Å². The molecule has 1 aliphatic carbocycles. The molecule has 140 valence electrons. The van der Waals surface area contributed by atoms with Gasteiger partial charge in [0.25, 0.3) is 0 Å². The van der Waals surface area contributed by atoms with Crippen LogP contribution in [-0.2, 0) is 4.79 Å². The van der Waals surface area contributed by atoms with Crippen molar-refractivity contribution in [3.8, 4) is 11.1 Å². The van der Waals surface area contributed by atoms with Crippen molar-refractivity contribution in [1.29, 1.82) is 0 Å². The third-order valence-electron chi connectivity index (χ3n) is 5.73. The van der Waals surface area contributed by atoms with Gasteiger partial charge in [0.15, 0.2) is 5.65 Å². The Kier molecular flexibility index (Phi) is 4.56. The Bertz CT molecular complexity index is 970. The van der Waals surface area contributed by atoms with Crippen LogP contribution in [0.25, 0.3) is 16.8 Å². The maximum Gasteiger partial charge on any atom is 0.303 e. The summed E-state index contributed by atoms with van der Waals surface area (Å²) < 4.78 is 1.67. The van der Waals surface area contributed by atoms with E-state index in [2.05, 4.69) is 34.3 Å². The van der Waals surface area contributed by atoms with E-state index in [1.54, 1.807) is 10.7 Å². The Morgan fingerprint density at radius 3 is 2.56 bits per heavy atom. The predicted octanol–water partition coefficient (Wildman–Crippen LogP) is 4.04. The molecule has 1 aromatic carbocycles. The van der Waals surface area contributed by atoms with Crippen LogP contribution in [-0.4, -0.2) is 25.7 Å². The van der Waals surface area contributed by atoms with Crippen LogP contribution in [0.3, 0.4) is 0 Å². The number of nitrogens with zero attached hydrogens (tertiary/aromatic N) is 3. The molecule has 1 fully saturated rings. The van der Waals surface area contributed by atoms with Gasteiger partial charge in [-0.15, -0.1) is 0 Å². The van der Waals surface area contributed by atoms with E-state index in [9.17, 15) is 4.79 Å². The highest BCUT2D eigenvalue weighted by Crippen LogP contribution is 2.38. The summed E-state index contributed by atoms with van der Waals surface area (Å²) in [5.41, 5.74) is 11.3. The molecule has 0 radical (unpaired) electrons. The van der Waals surface area contributed by atoms with Crippen molar-refractivity contribution >= 4 is 17.4 Å². The summed E-state index contributed by atoms with van der Waals surface area (Å²) in [4.78, 5) is 15.5. The fourth-order valence-corrected chi connectivity index (χ4v) is 4.31. The Hall–Kier alpha value is -2.89. The number of aromatic nitrogens is 3. The molecular formula is C21H24N4O2. The molecule has 2 aromatic heterocycles. The zero-order chi connectivity index (χ0) is 19.0. The number of anilines is 1. The van der Waals surface area contributed by atoms with Gasteiger partial charge in [0, 0.05) is 18.1 Å². The van der Waals surface area contributed by atoms with Crippen molar-refractivity contribution in [2.45, 2.75) is 44.9 Å². The lowest BCUT2D eigenvalue weighted by molar-refractivity contribution is -0.138. The Morgan fingerprint density at radius 2 is 1.89 bits per heavy atom. The summed E-state index contributed by atoms with van der Waals surface area (Å²) in [6.07, 6.45) is 6.09.